The average molecular weight is 443 g/mol. The first-order valence-electron chi connectivity index (χ1n) is 10.8. The summed E-state index contributed by atoms with van der Waals surface area (Å²) in [7, 11) is 2.13. The van der Waals surface area contributed by atoms with Gasteiger partial charge in [-0.15, -0.1) is 0 Å². The molecule has 1 fully saturated rings. The summed E-state index contributed by atoms with van der Waals surface area (Å²) in [5, 5.41) is 4.08. The first-order chi connectivity index (χ1) is 16.1. The Bertz CT molecular complexity index is 1450. The number of halogens is 1. The van der Waals surface area contributed by atoms with Crippen molar-refractivity contribution in [2.45, 2.75) is 0 Å². The van der Waals surface area contributed by atoms with Crippen molar-refractivity contribution in [3.05, 3.63) is 61.2 Å². The molecule has 33 heavy (non-hydrogen) atoms. The second-order valence-electron chi connectivity index (χ2n) is 8.21. The molecule has 0 aliphatic carbocycles. The van der Waals surface area contributed by atoms with Gasteiger partial charge in [-0.2, -0.15) is 4.98 Å². The van der Waals surface area contributed by atoms with Crippen molar-refractivity contribution in [3.63, 3.8) is 0 Å². The van der Waals surface area contributed by atoms with Crippen molar-refractivity contribution in [2.75, 3.05) is 43.4 Å². The van der Waals surface area contributed by atoms with Gasteiger partial charge in [0.2, 0.25) is 5.95 Å². The number of likely N-dealkylation sites (N-methyl/N-ethyl adjacent to an activating group) is 1. The van der Waals surface area contributed by atoms with Gasteiger partial charge in [-0.25, -0.2) is 19.3 Å². The number of piperazine rings is 1. The van der Waals surface area contributed by atoms with Gasteiger partial charge in [0.15, 0.2) is 11.5 Å². The minimum absolute atomic E-state index is 0.301. The summed E-state index contributed by atoms with van der Waals surface area (Å²) < 4.78 is 16.1. The Morgan fingerprint density at radius 2 is 1.94 bits per heavy atom. The van der Waals surface area contributed by atoms with Crippen LogP contribution in [0, 0.1) is 5.82 Å². The van der Waals surface area contributed by atoms with Gasteiger partial charge in [-0.05, 0) is 19.2 Å². The van der Waals surface area contributed by atoms with E-state index in [1.54, 1.807) is 29.2 Å². The van der Waals surface area contributed by atoms with Crippen LogP contribution in [0.5, 0.6) is 0 Å². The second kappa shape index (κ2) is 7.82. The molecule has 2 N–H and O–H groups in total. The Balaban J connectivity index is 1.27. The number of H-pyrrole nitrogens is 1. The van der Waals surface area contributed by atoms with Gasteiger partial charge in [0.1, 0.15) is 11.5 Å². The van der Waals surface area contributed by atoms with Crippen LogP contribution in [0.1, 0.15) is 0 Å². The number of anilines is 3. The van der Waals surface area contributed by atoms with Crippen molar-refractivity contribution in [3.8, 4) is 11.1 Å². The molecule has 1 aliphatic rings. The summed E-state index contributed by atoms with van der Waals surface area (Å²) in [5.74, 6) is 1.04. The fourth-order valence-electron chi connectivity index (χ4n) is 4.18. The normalized spacial score (nSPS) is 14.9. The Kier molecular flexibility index (Phi) is 4.65. The summed E-state index contributed by atoms with van der Waals surface area (Å²) >= 11 is 0. The zero-order chi connectivity index (χ0) is 22.4. The maximum Gasteiger partial charge on any atom is 0.229 e. The molecule has 6 rings (SSSR count). The molecule has 166 valence electrons. The van der Waals surface area contributed by atoms with E-state index in [4.69, 9.17) is 0 Å². The number of nitrogens with zero attached hydrogens (tertiary/aromatic N) is 7. The highest BCUT2D eigenvalue weighted by Gasteiger charge is 2.16. The molecule has 9 nitrogen and oxygen atoms in total. The van der Waals surface area contributed by atoms with E-state index in [2.05, 4.69) is 47.1 Å². The van der Waals surface area contributed by atoms with Crippen molar-refractivity contribution < 1.29 is 4.39 Å². The lowest BCUT2D eigenvalue weighted by molar-refractivity contribution is 0.312. The zero-order valence-electron chi connectivity index (χ0n) is 18.0. The highest BCUT2D eigenvalue weighted by atomic mass is 19.1. The van der Waals surface area contributed by atoms with Crippen LogP contribution in [0.2, 0.25) is 0 Å². The average Bonchev–Trinajstić information content (AvgIpc) is 3.47. The van der Waals surface area contributed by atoms with E-state index < -0.39 is 0 Å². The molecule has 6 heterocycles. The Morgan fingerprint density at radius 3 is 2.82 bits per heavy atom. The molecule has 0 radical (unpaired) electrons. The van der Waals surface area contributed by atoms with Gasteiger partial charge >= 0.3 is 0 Å². The highest BCUT2D eigenvalue weighted by Crippen LogP contribution is 2.29. The molecular formula is C23H22FN9. The van der Waals surface area contributed by atoms with E-state index in [9.17, 15) is 4.39 Å². The minimum atomic E-state index is -0.375. The SMILES string of the molecule is CN1CCN(c2cc(Nc3ncc4c(-c5cc(F)c6nccn6c5)c[nH]c4n3)ccn2)CC1. The Hall–Kier alpha value is -4.05. The van der Waals surface area contributed by atoms with Gasteiger partial charge in [0, 0.05) is 91.6 Å². The number of aromatic nitrogens is 6. The number of aromatic amines is 1. The monoisotopic (exact) mass is 443 g/mol. The number of imidazole rings is 1. The van der Waals surface area contributed by atoms with Crippen LogP contribution in [0.25, 0.3) is 27.8 Å². The van der Waals surface area contributed by atoms with Crippen molar-refractivity contribution in [1.82, 2.24) is 34.2 Å². The van der Waals surface area contributed by atoms with Crippen LogP contribution in [0.15, 0.2) is 55.4 Å². The van der Waals surface area contributed by atoms with E-state index in [1.807, 2.05) is 24.5 Å². The third kappa shape index (κ3) is 3.64. The predicted molar refractivity (Wildman–Crippen MR) is 125 cm³/mol. The summed E-state index contributed by atoms with van der Waals surface area (Å²) in [6, 6.07) is 5.40. The van der Waals surface area contributed by atoms with Crippen LogP contribution in [0.4, 0.5) is 21.8 Å². The topological polar surface area (TPSA) is 90.3 Å². The zero-order valence-corrected chi connectivity index (χ0v) is 18.0. The van der Waals surface area contributed by atoms with E-state index in [-0.39, 0.29) is 5.82 Å². The number of hydrogen-bond acceptors (Lipinski definition) is 7. The van der Waals surface area contributed by atoms with E-state index in [0.717, 1.165) is 54.2 Å². The lowest BCUT2D eigenvalue weighted by Gasteiger charge is -2.33. The van der Waals surface area contributed by atoms with E-state index in [0.29, 0.717) is 17.2 Å². The first-order valence-corrected chi connectivity index (χ1v) is 10.8. The fraction of sp³-hybridized carbons (Fsp3) is 0.217. The lowest BCUT2D eigenvalue weighted by Crippen LogP contribution is -2.44. The number of pyridine rings is 2. The van der Waals surface area contributed by atoms with Crippen molar-refractivity contribution >= 4 is 34.1 Å². The summed E-state index contributed by atoms with van der Waals surface area (Å²) in [6.07, 6.45) is 10.5. The molecule has 10 heteroatoms. The molecule has 5 aromatic heterocycles. The predicted octanol–water partition coefficient (Wildman–Crippen LogP) is 3.30. The standard InChI is InChI=1S/C23H22FN9/c1-31-6-8-32(9-7-31)20-11-16(2-3-25-20)29-23-28-13-18-17(12-27-21(18)30-23)15-10-19(24)22-26-4-5-33(22)14-15/h2-5,10-14H,6-9H2,1H3,(H2,25,27,28,29,30). The van der Waals surface area contributed by atoms with Crippen molar-refractivity contribution in [1.29, 1.82) is 0 Å². The molecule has 1 saturated heterocycles. The highest BCUT2D eigenvalue weighted by molar-refractivity contribution is 5.93. The molecule has 0 bridgehead atoms. The van der Waals surface area contributed by atoms with Crippen LogP contribution in [0.3, 0.4) is 0 Å². The van der Waals surface area contributed by atoms with Crippen LogP contribution >= 0.6 is 0 Å². The van der Waals surface area contributed by atoms with E-state index in [1.165, 1.54) is 6.07 Å². The number of hydrogen-bond donors (Lipinski definition) is 2. The molecular weight excluding hydrogens is 421 g/mol. The molecule has 0 aromatic carbocycles. The van der Waals surface area contributed by atoms with Gasteiger partial charge in [-0.1, -0.05) is 0 Å². The summed E-state index contributed by atoms with van der Waals surface area (Å²) in [5.41, 5.74) is 3.39. The Labute approximate surface area is 188 Å². The maximum absolute atomic E-state index is 14.4. The van der Waals surface area contributed by atoms with Gasteiger partial charge < -0.3 is 24.5 Å². The fourth-order valence-corrected chi connectivity index (χ4v) is 4.18. The van der Waals surface area contributed by atoms with Crippen LogP contribution < -0.4 is 10.2 Å². The lowest BCUT2D eigenvalue weighted by atomic mass is 10.1. The third-order valence-corrected chi connectivity index (χ3v) is 6.01. The van der Waals surface area contributed by atoms with Crippen LogP contribution in [-0.4, -0.2) is 67.4 Å². The summed E-state index contributed by atoms with van der Waals surface area (Å²) in [6.45, 7) is 3.94. The van der Waals surface area contributed by atoms with Gasteiger partial charge in [-0.3, -0.25) is 0 Å². The maximum atomic E-state index is 14.4. The van der Waals surface area contributed by atoms with Gasteiger partial charge in [0.05, 0.1) is 0 Å². The van der Waals surface area contributed by atoms with Crippen LogP contribution in [-0.2, 0) is 0 Å². The molecule has 0 unspecified atom stereocenters. The van der Waals surface area contributed by atoms with Crippen molar-refractivity contribution in [2.24, 2.45) is 0 Å². The largest absolute Gasteiger partial charge is 0.354 e. The summed E-state index contributed by atoms with van der Waals surface area (Å²) in [4.78, 5) is 25.4. The molecule has 0 spiro atoms. The molecule has 0 saturated carbocycles. The molecule has 1 aliphatic heterocycles. The number of rotatable bonds is 4. The number of nitrogens with one attached hydrogen (secondary N) is 2. The second-order valence-corrected chi connectivity index (χ2v) is 8.21. The molecule has 5 aromatic rings. The molecule has 0 atom stereocenters. The third-order valence-electron chi connectivity index (χ3n) is 6.01. The smallest absolute Gasteiger partial charge is 0.229 e. The minimum Gasteiger partial charge on any atom is -0.354 e. The first kappa shape index (κ1) is 19.6. The van der Waals surface area contributed by atoms with E-state index >= 15 is 0 Å². The number of fused-ring (bicyclic) bond motifs is 2. The van der Waals surface area contributed by atoms with Gasteiger partial charge in [0.25, 0.3) is 0 Å². The Morgan fingerprint density at radius 1 is 1.06 bits per heavy atom. The molecule has 0 amide bonds. The quantitative estimate of drug-likeness (QED) is 0.440.